The molecule has 1 amide bonds. The highest BCUT2D eigenvalue weighted by atomic mass is 35.5. The number of hydrogen-bond acceptors (Lipinski definition) is 3. The van der Waals surface area contributed by atoms with Crippen LogP contribution in [-0.4, -0.2) is 29.1 Å². The van der Waals surface area contributed by atoms with Gasteiger partial charge in [0.1, 0.15) is 0 Å². The summed E-state index contributed by atoms with van der Waals surface area (Å²) in [6.45, 7) is 2.77. The van der Waals surface area contributed by atoms with Crippen molar-refractivity contribution in [2.45, 2.75) is 31.7 Å². The van der Waals surface area contributed by atoms with Crippen LogP contribution < -0.4 is 10.6 Å². The van der Waals surface area contributed by atoms with Crippen LogP contribution in [0.2, 0.25) is 5.02 Å². The predicted octanol–water partition coefficient (Wildman–Crippen LogP) is 2.51. The number of aromatic carboxylic acids is 1. The molecule has 1 heterocycles. The molecular weight excluding hydrogens is 280 g/mol. The van der Waals surface area contributed by atoms with E-state index in [0.717, 1.165) is 19.4 Å². The summed E-state index contributed by atoms with van der Waals surface area (Å²) in [4.78, 5) is 23.4. The van der Waals surface area contributed by atoms with E-state index < -0.39 is 11.5 Å². The molecule has 0 saturated carbocycles. The standard InChI is InChI=1S/C14H17ClN2O3/c1-2-14(4-3-5-16-14)13(20)17-11-7-9(12(18)19)6-10(15)8-11/h6-8,16H,2-5H2,1H3,(H,17,20)(H,18,19). The zero-order valence-electron chi connectivity index (χ0n) is 11.2. The second kappa shape index (κ2) is 5.81. The minimum atomic E-state index is -1.08. The van der Waals surface area contributed by atoms with E-state index in [1.165, 1.54) is 12.1 Å². The van der Waals surface area contributed by atoms with Crippen molar-refractivity contribution in [3.05, 3.63) is 28.8 Å². The highest BCUT2D eigenvalue weighted by Gasteiger charge is 2.39. The first kappa shape index (κ1) is 14.8. The summed E-state index contributed by atoms with van der Waals surface area (Å²) < 4.78 is 0. The quantitative estimate of drug-likeness (QED) is 0.798. The Labute approximate surface area is 122 Å². The van der Waals surface area contributed by atoms with E-state index >= 15 is 0 Å². The molecule has 1 aromatic rings. The fraction of sp³-hybridized carbons (Fsp3) is 0.429. The lowest BCUT2D eigenvalue weighted by Gasteiger charge is -2.26. The molecule has 1 aliphatic heterocycles. The molecule has 1 aromatic carbocycles. The topological polar surface area (TPSA) is 78.4 Å². The van der Waals surface area contributed by atoms with E-state index in [4.69, 9.17) is 16.7 Å². The fourth-order valence-electron chi connectivity index (χ4n) is 2.50. The number of nitrogens with one attached hydrogen (secondary N) is 2. The first-order chi connectivity index (χ1) is 9.47. The number of carboxylic acid groups (broad SMARTS) is 1. The van der Waals surface area contributed by atoms with E-state index in [2.05, 4.69) is 10.6 Å². The number of hydrogen-bond donors (Lipinski definition) is 3. The Bertz CT molecular complexity index is 539. The first-order valence-corrected chi connectivity index (χ1v) is 6.95. The van der Waals surface area contributed by atoms with Gasteiger partial charge in [-0.2, -0.15) is 0 Å². The van der Waals surface area contributed by atoms with Gasteiger partial charge in [0.25, 0.3) is 0 Å². The van der Waals surface area contributed by atoms with Crippen molar-refractivity contribution in [1.29, 1.82) is 0 Å². The Morgan fingerprint density at radius 3 is 2.75 bits per heavy atom. The lowest BCUT2D eigenvalue weighted by Crippen LogP contribution is -2.50. The Balaban J connectivity index is 2.21. The van der Waals surface area contributed by atoms with Crippen molar-refractivity contribution in [1.82, 2.24) is 5.32 Å². The summed E-state index contributed by atoms with van der Waals surface area (Å²) in [5.74, 6) is -1.22. The van der Waals surface area contributed by atoms with Gasteiger partial charge in [-0.25, -0.2) is 4.79 Å². The number of amides is 1. The average molecular weight is 297 g/mol. The summed E-state index contributed by atoms with van der Waals surface area (Å²) in [5.41, 5.74) is -0.106. The molecule has 0 aliphatic carbocycles. The van der Waals surface area contributed by atoms with Gasteiger partial charge >= 0.3 is 5.97 Å². The summed E-state index contributed by atoms with van der Waals surface area (Å²) in [6.07, 6.45) is 2.42. The maximum atomic E-state index is 12.4. The second-order valence-corrected chi connectivity index (χ2v) is 5.39. The highest BCUT2D eigenvalue weighted by molar-refractivity contribution is 6.31. The fourth-order valence-corrected chi connectivity index (χ4v) is 2.73. The molecule has 3 N–H and O–H groups in total. The molecule has 20 heavy (non-hydrogen) atoms. The Kier molecular flexibility index (Phi) is 4.30. The second-order valence-electron chi connectivity index (χ2n) is 4.95. The molecule has 2 rings (SSSR count). The van der Waals surface area contributed by atoms with Crippen LogP contribution in [0.3, 0.4) is 0 Å². The largest absolute Gasteiger partial charge is 0.478 e. The van der Waals surface area contributed by atoms with Gasteiger partial charge in [-0.3, -0.25) is 4.79 Å². The number of benzene rings is 1. The lowest BCUT2D eigenvalue weighted by molar-refractivity contribution is -0.122. The molecule has 1 fully saturated rings. The molecular formula is C14H17ClN2O3. The van der Waals surface area contributed by atoms with Crippen molar-refractivity contribution in [3.8, 4) is 0 Å². The molecule has 1 aliphatic rings. The van der Waals surface area contributed by atoms with Crippen LogP contribution >= 0.6 is 11.6 Å². The molecule has 6 heteroatoms. The third-order valence-electron chi connectivity index (χ3n) is 3.68. The van der Waals surface area contributed by atoms with Crippen LogP contribution in [0.4, 0.5) is 5.69 Å². The minimum Gasteiger partial charge on any atom is -0.478 e. The summed E-state index contributed by atoms with van der Waals surface area (Å²) in [6, 6.07) is 4.30. The van der Waals surface area contributed by atoms with Crippen molar-refractivity contribution in [3.63, 3.8) is 0 Å². The monoisotopic (exact) mass is 296 g/mol. The molecule has 0 bridgehead atoms. The lowest BCUT2D eigenvalue weighted by atomic mass is 9.93. The summed E-state index contributed by atoms with van der Waals surface area (Å²) >= 11 is 5.88. The normalized spacial score (nSPS) is 21.7. The van der Waals surface area contributed by atoms with Crippen molar-refractivity contribution in [2.24, 2.45) is 0 Å². The van der Waals surface area contributed by atoms with Gasteiger partial charge in [-0.05, 0) is 44.0 Å². The zero-order valence-corrected chi connectivity index (χ0v) is 12.0. The van der Waals surface area contributed by atoms with Crippen molar-refractivity contribution >= 4 is 29.2 Å². The summed E-state index contributed by atoms with van der Waals surface area (Å²) in [7, 11) is 0. The van der Waals surface area contributed by atoms with Crippen LogP contribution in [0.1, 0.15) is 36.5 Å². The SMILES string of the molecule is CCC1(C(=O)Nc2cc(Cl)cc(C(=O)O)c2)CCCN1. The number of anilines is 1. The van der Waals surface area contributed by atoms with Gasteiger partial charge < -0.3 is 15.7 Å². The molecule has 0 radical (unpaired) electrons. The minimum absolute atomic E-state index is 0.0535. The third-order valence-corrected chi connectivity index (χ3v) is 3.90. The van der Waals surface area contributed by atoms with Gasteiger partial charge in [0.05, 0.1) is 11.1 Å². The van der Waals surface area contributed by atoms with E-state index in [1.807, 2.05) is 6.92 Å². The van der Waals surface area contributed by atoms with Gasteiger partial charge in [-0.1, -0.05) is 18.5 Å². The first-order valence-electron chi connectivity index (χ1n) is 6.57. The molecule has 1 unspecified atom stereocenters. The molecule has 1 saturated heterocycles. The number of carbonyl (C=O) groups excluding carboxylic acids is 1. The van der Waals surface area contributed by atoms with Gasteiger partial charge in [0, 0.05) is 10.7 Å². The molecule has 108 valence electrons. The van der Waals surface area contributed by atoms with Gasteiger partial charge in [-0.15, -0.1) is 0 Å². The molecule has 1 atom stereocenters. The number of carboxylic acids is 1. The average Bonchev–Trinajstić information content (AvgIpc) is 2.88. The maximum absolute atomic E-state index is 12.4. The van der Waals surface area contributed by atoms with Crippen LogP contribution in [0.25, 0.3) is 0 Å². The van der Waals surface area contributed by atoms with Crippen molar-refractivity contribution in [2.75, 3.05) is 11.9 Å². The highest BCUT2D eigenvalue weighted by Crippen LogP contribution is 2.26. The van der Waals surface area contributed by atoms with E-state index in [0.29, 0.717) is 12.1 Å². The Hall–Kier alpha value is -1.59. The number of carbonyl (C=O) groups is 2. The molecule has 0 aromatic heterocycles. The van der Waals surface area contributed by atoms with Gasteiger partial charge in [0.2, 0.25) is 5.91 Å². The summed E-state index contributed by atoms with van der Waals surface area (Å²) in [5, 5.41) is 15.3. The van der Waals surface area contributed by atoms with Crippen LogP contribution in [0.5, 0.6) is 0 Å². The van der Waals surface area contributed by atoms with E-state index in [-0.39, 0.29) is 16.5 Å². The maximum Gasteiger partial charge on any atom is 0.335 e. The van der Waals surface area contributed by atoms with Crippen LogP contribution in [0.15, 0.2) is 18.2 Å². The molecule has 5 nitrogen and oxygen atoms in total. The smallest absolute Gasteiger partial charge is 0.335 e. The van der Waals surface area contributed by atoms with Crippen molar-refractivity contribution < 1.29 is 14.7 Å². The molecule has 0 spiro atoms. The van der Waals surface area contributed by atoms with Crippen LogP contribution in [0, 0.1) is 0 Å². The number of rotatable bonds is 4. The van der Waals surface area contributed by atoms with E-state index in [9.17, 15) is 9.59 Å². The number of halogens is 1. The predicted molar refractivity (Wildman–Crippen MR) is 77.3 cm³/mol. The third kappa shape index (κ3) is 2.94. The Morgan fingerprint density at radius 2 is 2.20 bits per heavy atom. The Morgan fingerprint density at radius 1 is 1.45 bits per heavy atom. The van der Waals surface area contributed by atoms with E-state index in [1.54, 1.807) is 6.07 Å². The zero-order chi connectivity index (χ0) is 14.8. The van der Waals surface area contributed by atoms with Crippen LogP contribution in [-0.2, 0) is 4.79 Å². The van der Waals surface area contributed by atoms with Gasteiger partial charge in [0.15, 0.2) is 0 Å².